The molecule has 0 saturated heterocycles. The fourth-order valence-corrected chi connectivity index (χ4v) is 4.21. The highest BCUT2D eigenvalue weighted by Crippen LogP contribution is 2.30. The average Bonchev–Trinajstić information content (AvgIpc) is 2.77. The van der Waals surface area contributed by atoms with Crippen LogP contribution in [0.1, 0.15) is 22.6 Å². The van der Waals surface area contributed by atoms with Crippen molar-refractivity contribution in [2.45, 2.75) is 5.92 Å². The van der Waals surface area contributed by atoms with Crippen LogP contribution in [-0.4, -0.2) is 29.7 Å². The van der Waals surface area contributed by atoms with Crippen LogP contribution in [0.25, 0.3) is 0 Å². The summed E-state index contributed by atoms with van der Waals surface area (Å²) in [5.41, 5.74) is 4.43. The summed E-state index contributed by atoms with van der Waals surface area (Å²) in [5.74, 6) is -1.30. The number of aromatic hydroxyl groups is 1. The molecule has 0 fully saturated rings. The van der Waals surface area contributed by atoms with Crippen LogP contribution in [0.2, 0.25) is 0 Å². The van der Waals surface area contributed by atoms with Gasteiger partial charge in [-0.3, -0.25) is 9.59 Å². The third-order valence-corrected chi connectivity index (χ3v) is 5.46. The molecule has 0 bridgehead atoms. The summed E-state index contributed by atoms with van der Waals surface area (Å²) in [7, 11) is 0. The quantitative estimate of drug-likeness (QED) is 0.306. The van der Waals surface area contributed by atoms with Crippen LogP contribution in [0, 0.1) is 0 Å². The summed E-state index contributed by atoms with van der Waals surface area (Å²) in [4.78, 5) is 25.0. The molecule has 3 N–H and O–H groups in total. The van der Waals surface area contributed by atoms with E-state index >= 15 is 0 Å². The number of halogens is 2. The highest BCUT2D eigenvalue weighted by Gasteiger charge is 2.22. The molecule has 158 valence electrons. The van der Waals surface area contributed by atoms with Crippen molar-refractivity contribution < 1.29 is 14.7 Å². The van der Waals surface area contributed by atoms with Gasteiger partial charge in [-0.1, -0.05) is 76.6 Å². The van der Waals surface area contributed by atoms with Crippen molar-refractivity contribution in [2.24, 2.45) is 5.10 Å². The molecule has 8 heteroatoms. The maximum atomic E-state index is 12.9. The zero-order chi connectivity index (χ0) is 22.2. The Morgan fingerprint density at radius 3 is 2.13 bits per heavy atom. The molecular weight excluding hydrogens is 526 g/mol. The van der Waals surface area contributed by atoms with Crippen LogP contribution in [0.5, 0.6) is 5.75 Å². The molecule has 0 aliphatic carbocycles. The van der Waals surface area contributed by atoms with E-state index in [9.17, 15) is 14.7 Å². The number of phenolic OH excluding ortho intramolecular Hbond substituents is 1. The fraction of sp³-hybridized carbons (Fsp3) is 0.0870. The van der Waals surface area contributed by atoms with E-state index < -0.39 is 11.8 Å². The van der Waals surface area contributed by atoms with Gasteiger partial charge in [-0.05, 0) is 39.2 Å². The molecule has 0 aliphatic heterocycles. The van der Waals surface area contributed by atoms with Crippen molar-refractivity contribution in [3.8, 4) is 5.75 Å². The zero-order valence-corrected chi connectivity index (χ0v) is 19.4. The van der Waals surface area contributed by atoms with Gasteiger partial charge in [0.2, 0.25) is 5.91 Å². The second-order valence-corrected chi connectivity index (χ2v) is 8.36. The first kappa shape index (κ1) is 22.7. The lowest BCUT2D eigenvalue weighted by Crippen LogP contribution is -2.37. The van der Waals surface area contributed by atoms with E-state index in [1.165, 1.54) is 6.21 Å². The second-order valence-electron chi connectivity index (χ2n) is 6.59. The SMILES string of the molecule is O=C(CNC(=O)C(c1ccccc1)c1ccccc1)N/N=C/c1cc(Br)cc(Br)c1O. The summed E-state index contributed by atoms with van der Waals surface area (Å²) < 4.78 is 1.24. The van der Waals surface area contributed by atoms with Gasteiger partial charge in [-0.25, -0.2) is 5.43 Å². The number of phenols is 1. The monoisotopic (exact) mass is 543 g/mol. The Bertz CT molecular complexity index is 1050. The predicted octanol–water partition coefficient (Wildman–Crippen LogP) is 4.32. The van der Waals surface area contributed by atoms with Crippen molar-refractivity contribution >= 4 is 49.9 Å². The molecule has 0 spiro atoms. The van der Waals surface area contributed by atoms with E-state index in [-0.39, 0.29) is 18.2 Å². The van der Waals surface area contributed by atoms with Crippen LogP contribution in [0.3, 0.4) is 0 Å². The Labute approximate surface area is 196 Å². The van der Waals surface area contributed by atoms with E-state index in [0.717, 1.165) is 15.6 Å². The van der Waals surface area contributed by atoms with E-state index in [1.807, 2.05) is 60.7 Å². The molecule has 2 amide bonds. The average molecular weight is 545 g/mol. The number of rotatable bonds is 7. The lowest BCUT2D eigenvalue weighted by Gasteiger charge is -2.17. The molecule has 0 radical (unpaired) electrons. The first-order valence-electron chi connectivity index (χ1n) is 9.33. The largest absolute Gasteiger partial charge is 0.506 e. The van der Waals surface area contributed by atoms with Gasteiger partial charge in [0.15, 0.2) is 0 Å². The second kappa shape index (κ2) is 10.9. The Morgan fingerprint density at radius 2 is 1.55 bits per heavy atom. The van der Waals surface area contributed by atoms with Gasteiger partial charge >= 0.3 is 0 Å². The Morgan fingerprint density at radius 1 is 0.968 bits per heavy atom. The first-order valence-corrected chi connectivity index (χ1v) is 10.9. The van der Waals surface area contributed by atoms with Gasteiger partial charge in [0.1, 0.15) is 5.75 Å². The standard InChI is InChI=1S/C23H19Br2N3O3/c24-18-11-17(22(30)19(25)12-18)13-27-28-20(29)14-26-23(31)21(15-7-3-1-4-8-15)16-9-5-2-6-10-16/h1-13,21,30H,14H2,(H,26,31)(H,28,29)/b27-13+. The molecule has 0 aromatic heterocycles. The molecule has 3 aromatic carbocycles. The number of benzene rings is 3. The third-order valence-electron chi connectivity index (χ3n) is 4.40. The normalized spacial score (nSPS) is 10.9. The molecule has 31 heavy (non-hydrogen) atoms. The third kappa shape index (κ3) is 6.26. The first-order chi connectivity index (χ1) is 15.0. The summed E-state index contributed by atoms with van der Waals surface area (Å²) in [6, 6.07) is 22.1. The van der Waals surface area contributed by atoms with E-state index in [4.69, 9.17) is 0 Å². The number of nitrogens with one attached hydrogen (secondary N) is 2. The molecule has 6 nitrogen and oxygen atoms in total. The maximum absolute atomic E-state index is 12.9. The maximum Gasteiger partial charge on any atom is 0.259 e. The lowest BCUT2D eigenvalue weighted by atomic mass is 9.90. The molecule has 3 aromatic rings. The van der Waals surface area contributed by atoms with Crippen molar-refractivity contribution in [2.75, 3.05) is 6.54 Å². The lowest BCUT2D eigenvalue weighted by molar-refractivity contribution is -0.126. The highest BCUT2D eigenvalue weighted by molar-refractivity contribution is 9.11. The number of hydrogen-bond acceptors (Lipinski definition) is 4. The molecule has 0 saturated carbocycles. The number of hydrogen-bond donors (Lipinski definition) is 3. The smallest absolute Gasteiger partial charge is 0.259 e. The number of hydrazone groups is 1. The van der Waals surface area contributed by atoms with Crippen molar-refractivity contribution in [3.63, 3.8) is 0 Å². The van der Waals surface area contributed by atoms with Gasteiger partial charge in [0, 0.05) is 10.0 Å². The molecular formula is C23H19Br2N3O3. The van der Waals surface area contributed by atoms with E-state index in [0.29, 0.717) is 10.0 Å². The molecule has 0 atom stereocenters. The van der Waals surface area contributed by atoms with Crippen LogP contribution < -0.4 is 10.7 Å². The van der Waals surface area contributed by atoms with Gasteiger partial charge < -0.3 is 10.4 Å². The minimum absolute atomic E-state index is 0.00284. The van der Waals surface area contributed by atoms with Crippen LogP contribution in [0.4, 0.5) is 0 Å². The van der Waals surface area contributed by atoms with Crippen molar-refractivity contribution in [1.29, 1.82) is 0 Å². The Kier molecular flexibility index (Phi) is 7.97. The van der Waals surface area contributed by atoms with Crippen LogP contribution in [-0.2, 0) is 9.59 Å². The number of carbonyl (C=O) groups is 2. The Hall–Kier alpha value is -2.97. The van der Waals surface area contributed by atoms with Crippen molar-refractivity contribution in [3.05, 3.63) is 98.4 Å². The summed E-state index contributed by atoms with van der Waals surface area (Å²) in [6.45, 7) is -0.236. The van der Waals surface area contributed by atoms with Gasteiger partial charge in [-0.2, -0.15) is 5.10 Å². The van der Waals surface area contributed by atoms with Gasteiger partial charge in [0.25, 0.3) is 5.91 Å². The van der Waals surface area contributed by atoms with E-state index in [1.54, 1.807) is 12.1 Å². The molecule has 0 aliphatic rings. The van der Waals surface area contributed by atoms with Crippen molar-refractivity contribution in [1.82, 2.24) is 10.7 Å². The van der Waals surface area contributed by atoms with Crippen LogP contribution in [0.15, 0.2) is 86.8 Å². The predicted molar refractivity (Wildman–Crippen MR) is 127 cm³/mol. The zero-order valence-electron chi connectivity index (χ0n) is 16.3. The topological polar surface area (TPSA) is 90.8 Å². The molecule has 3 rings (SSSR count). The number of nitrogens with zero attached hydrogens (tertiary/aromatic N) is 1. The molecule has 0 heterocycles. The summed E-state index contributed by atoms with van der Waals surface area (Å²) in [5, 5.41) is 16.5. The van der Waals surface area contributed by atoms with E-state index in [2.05, 4.69) is 47.7 Å². The number of amides is 2. The summed E-state index contributed by atoms with van der Waals surface area (Å²) >= 11 is 6.56. The molecule has 0 unspecified atom stereocenters. The minimum Gasteiger partial charge on any atom is -0.506 e. The summed E-state index contributed by atoms with van der Waals surface area (Å²) in [6.07, 6.45) is 1.32. The Balaban J connectivity index is 1.63. The van der Waals surface area contributed by atoms with Crippen LogP contribution >= 0.6 is 31.9 Å². The van der Waals surface area contributed by atoms with Gasteiger partial charge in [-0.15, -0.1) is 0 Å². The highest BCUT2D eigenvalue weighted by atomic mass is 79.9. The van der Waals surface area contributed by atoms with Gasteiger partial charge in [0.05, 0.1) is 23.1 Å². The fourth-order valence-electron chi connectivity index (χ4n) is 2.95. The minimum atomic E-state index is -0.533. The number of carbonyl (C=O) groups excluding carboxylic acids is 2.